The van der Waals surface area contributed by atoms with E-state index in [1.54, 1.807) is 7.11 Å². The zero-order chi connectivity index (χ0) is 21.5. The number of hydrogen-bond acceptors (Lipinski definition) is 8. The quantitative estimate of drug-likeness (QED) is 0.561. The van der Waals surface area contributed by atoms with Gasteiger partial charge < -0.3 is 30.2 Å². The van der Waals surface area contributed by atoms with Crippen molar-refractivity contribution < 1.29 is 14.2 Å². The van der Waals surface area contributed by atoms with Crippen molar-refractivity contribution in [2.24, 2.45) is 11.8 Å². The molecule has 31 heavy (non-hydrogen) atoms. The number of aryl methyl sites for hydroxylation is 1. The number of nitrogens with one attached hydrogen (secondary N) is 3. The molecule has 0 bridgehead atoms. The van der Waals surface area contributed by atoms with Crippen LogP contribution in [0, 0.1) is 18.8 Å². The van der Waals surface area contributed by atoms with Crippen molar-refractivity contribution in [3.8, 4) is 11.5 Å². The summed E-state index contributed by atoms with van der Waals surface area (Å²) in [6.07, 6.45) is 3.32. The van der Waals surface area contributed by atoms with Gasteiger partial charge in [-0.05, 0) is 50.8 Å². The van der Waals surface area contributed by atoms with E-state index in [9.17, 15) is 0 Å². The van der Waals surface area contributed by atoms with Gasteiger partial charge in [0.25, 0.3) is 0 Å². The van der Waals surface area contributed by atoms with Crippen LogP contribution in [0.3, 0.4) is 0 Å². The van der Waals surface area contributed by atoms with Gasteiger partial charge in [-0.15, -0.1) is 0 Å². The van der Waals surface area contributed by atoms with Crippen molar-refractivity contribution in [2.45, 2.75) is 26.2 Å². The first-order valence-electron chi connectivity index (χ1n) is 11.2. The normalized spacial score (nSPS) is 19.2. The topological polar surface area (TPSA) is 89.6 Å². The molecule has 168 valence electrons. The summed E-state index contributed by atoms with van der Waals surface area (Å²) in [6, 6.07) is 7.78. The van der Waals surface area contributed by atoms with Gasteiger partial charge in [-0.3, -0.25) is 0 Å². The average molecular weight is 428 g/mol. The van der Waals surface area contributed by atoms with Gasteiger partial charge in [0.1, 0.15) is 5.82 Å². The first-order chi connectivity index (χ1) is 15.2. The Labute approximate surface area is 184 Å². The Kier molecular flexibility index (Phi) is 7.43. The lowest BCUT2D eigenvalue weighted by molar-refractivity contribution is 0.0699. The van der Waals surface area contributed by atoms with E-state index in [1.165, 1.54) is 0 Å². The summed E-state index contributed by atoms with van der Waals surface area (Å²) in [4.78, 5) is 9.19. The summed E-state index contributed by atoms with van der Waals surface area (Å²) >= 11 is 0. The van der Waals surface area contributed by atoms with E-state index in [2.05, 4.69) is 25.9 Å². The Morgan fingerprint density at radius 1 is 1.10 bits per heavy atom. The number of ether oxygens (including phenoxy) is 3. The summed E-state index contributed by atoms with van der Waals surface area (Å²) in [7, 11) is 1.66. The van der Waals surface area contributed by atoms with E-state index in [0.717, 1.165) is 80.8 Å². The molecule has 8 heteroatoms. The second-order valence-electron chi connectivity index (χ2n) is 8.32. The summed E-state index contributed by atoms with van der Waals surface area (Å²) in [5, 5.41) is 10.1. The minimum atomic E-state index is 0.533. The van der Waals surface area contributed by atoms with Gasteiger partial charge in [-0.2, -0.15) is 4.98 Å². The first-order valence-corrected chi connectivity index (χ1v) is 11.2. The van der Waals surface area contributed by atoms with Crippen molar-refractivity contribution in [1.82, 2.24) is 15.3 Å². The number of nitrogens with zero attached hydrogens (tertiary/aromatic N) is 2. The molecule has 3 N–H and O–H groups in total. The molecule has 3 heterocycles. The Morgan fingerprint density at radius 2 is 1.97 bits per heavy atom. The maximum absolute atomic E-state index is 6.08. The summed E-state index contributed by atoms with van der Waals surface area (Å²) in [6.45, 7) is 7.31. The molecule has 1 unspecified atom stereocenters. The largest absolute Gasteiger partial charge is 0.493 e. The second kappa shape index (κ2) is 10.6. The van der Waals surface area contributed by atoms with Gasteiger partial charge in [0.15, 0.2) is 11.5 Å². The number of anilines is 3. The highest BCUT2D eigenvalue weighted by molar-refractivity contribution is 5.60. The number of benzene rings is 1. The van der Waals surface area contributed by atoms with Gasteiger partial charge in [0.05, 0.1) is 13.7 Å². The van der Waals surface area contributed by atoms with Gasteiger partial charge >= 0.3 is 0 Å². The van der Waals surface area contributed by atoms with E-state index in [0.29, 0.717) is 24.4 Å². The van der Waals surface area contributed by atoms with Crippen LogP contribution in [0.4, 0.5) is 17.5 Å². The summed E-state index contributed by atoms with van der Waals surface area (Å²) in [5.74, 6) is 4.00. The van der Waals surface area contributed by atoms with Crippen LogP contribution in [0.25, 0.3) is 0 Å². The minimum Gasteiger partial charge on any atom is -0.493 e. The predicted octanol–water partition coefficient (Wildman–Crippen LogP) is 3.36. The molecule has 1 aromatic carbocycles. The Bertz CT molecular complexity index is 851. The molecule has 0 spiro atoms. The van der Waals surface area contributed by atoms with Gasteiger partial charge in [0.2, 0.25) is 5.95 Å². The standard InChI is InChI=1S/C23H33N5O3/c1-16-11-22(25-14-17-6-9-30-10-7-17)28-23(26-16)27-19-3-4-20(29-2)21(12-19)31-15-18-5-8-24-13-18/h3-4,11-12,17-18,24H,5-10,13-15H2,1-2H3,(H2,25,26,27,28). The van der Waals surface area contributed by atoms with Crippen LogP contribution in [-0.4, -0.2) is 56.5 Å². The smallest absolute Gasteiger partial charge is 0.229 e. The third-order valence-electron chi connectivity index (χ3n) is 5.82. The van der Waals surface area contributed by atoms with Crippen molar-refractivity contribution in [2.75, 3.05) is 57.2 Å². The zero-order valence-corrected chi connectivity index (χ0v) is 18.4. The molecule has 2 aliphatic rings. The molecular formula is C23H33N5O3. The molecule has 2 saturated heterocycles. The average Bonchev–Trinajstić information content (AvgIpc) is 3.30. The van der Waals surface area contributed by atoms with Gasteiger partial charge in [0, 0.05) is 55.7 Å². The number of rotatable bonds is 9. The molecule has 8 nitrogen and oxygen atoms in total. The van der Waals surface area contributed by atoms with E-state index < -0.39 is 0 Å². The molecule has 0 radical (unpaired) electrons. The first kappa shape index (κ1) is 21.6. The fourth-order valence-corrected chi connectivity index (χ4v) is 3.98. The third-order valence-corrected chi connectivity index (χ3v) is 5.82. The monoisotopic (exact) mass is 427 g/mol. The molecule has 2 aliphatic heterocycles. The minimum absolute atomic E-state index is 0.533. The number of hydrogen-bond donors (Lipinski definition) is 3. The lowest BCUT2D eigenvalue weighted by Crippen LogP contribution is -2.23. The van der Waals surface area contributed by atoms with Crippen molar-refractivity contribution >= 4 is 17.5 Å². The van der Waals surface area contributed by atoms with Crippen LogP contribution < -0.4 is 25.4 Å². The second-order valence-corrected chi connectivity index (χ2v) is 8.32. The zero-order valence-electron chi connectivity index (χ0n) is 18.4. The maximum atomic E-state index is 6.08. The van der Waals surface area contributed by atoms with Crippen LogP contribution >= 0.6 is 0 Å². The summed E-state index contributed by atoms with van der Waals surface area (Å²) in [5.41, 5.74) is 1.77. The van der Waals surface area contributed by atoms with Gasteiger partial charge in [-0.1, -0.05) is 0 Å². The molecule has 0 amide bonds. The highest BCUT2D eigenvalue weighted by Crippen LogP contribution is 2.32. The SMILES string of the molecule is COc1ccc(Nc2nc(C)cc(NCC3CCOCC3)n2)cc1OCC1CCNC1. The van der Waals surface area contributed by atoms with Crippen LogP contribution in [-0.2, 0) is 4.74 Å². The molecule has 2 aromatic rings. The van der Waals surface area contributed by atoms with Crippen molar-refractivity contribution in [3.05, 3.63) is 30.0 Å². The van der Waals surface area contributed by atoms with Crippen molar-refractivity contribution in [1.29, 1.82) is 0 Å². The summed E-state index contributed by atoms with van der Waals surface area (Å²) < 4.78 is 17.0. The Morgan fingerprint density at radius 3 is 2.74 bits per heavy atom. The fraction of sp³-hybridized carbons (Fsp3) is 0.565. The Hall–Kier alpha value is -2.58. The van der Waals surface area contributed by atoms with E-state index in [-0.39, 0.29) is 0 Å². The molecular weight excluding hydrogens is 394 g/mol. The maximum Gasteiger partial charge on any atom is 0.229 e. The lowest BCUT2D eigenvalue weighted by atomic mass is 10.0. The third kappa shape index (κ3) is 6.21. The molecule has 0 aliphatic carbocycles. The number of aromatic nitrogens is 2. The van der Waals surface area contributed by atoms with Crippen LogP contribution in [0.15, 0.2) is 24.3 Å². The highest BCUT2D eigenvalue weighted by atomic mass is 16.5. The molecule has 1 aromatic heterocycles. The molecule has 0 saturated carbocycles. The highest BCUT2D eigenvalue weighted by Gasteiger charge is 2.17. The van der Waals surface area contributed by atoms with E-state index in [4.69, 9.17) is 14.2 Å². The van der Waals surface area contributed by atoms with Crippen LogP contribution in [0.1, 0.15) is 25.0 Å². The predicted molar refractivity (Wildman–Crippen MR) is 122 cm³/mol. The van der Waals surface area contributed by atoms with Crippen molar-refractivity contribution in [3.63, 3.8) is 0 Å². The van der Waals surface area contributed by atoms with Crippen LogP contribution in [0.2, 0.25) is 0 Å². The molecule has 4 rings (SSSR count). The molecule has 1 atom stereocenters. The van der Waals surface area contributed by atoms with E-state index >= 15 is 0 Å². The lowest BCUT2D eigenvalue weighted by Gasteiger charge is -2.22. The van der Waals surface area contributed by atoms with Gasteiger partial charge in [-0.25, -0.2) is 4.98 Å². The Balaban J connectivity index is 1.41. The van der Waals surface area contributed by atoms with Crippen LogP contribution in [0.5, 0.6) is 11.5 Å². The van der Waals surface area contributed by atoms with E-state index in [1.807, 2.05) is 31.2 Å². The molecule has 2 fully saturated rings. The fourth-order valence-electron chi connectivity index (χ4n) is 3.98. The number of methoxy groups -OCH3 is 1.